The van der Waals surface area contributed by atoms with Gasteiger partial charge in [-0.05, 0) is 25.0 Å². The zero-order chi connectivity index (χ0) is 17.5. The van der Waals surface area contributed by atoms with Crippen LogP contribution in [0.2, 0.25) is 0 Å². The van der Waals surface area contributed by atoms with Crippen molar-refractivity contribution in [2.75, 3.05) is 31.1 Å². The van der Waals surface area contributed by atoms with Gasteiger partial charge < -0.3 is 9.80 Å². The predicted molar refractivity (Wildman–Crippen MR) is 91.6 cm³/mol. The van der Waals surface area contributed by atoms with Crippen LogP contribution in [0.25, 0.3) is 0 Å². The van der Waals surface area contributed by atoms with Gasteiger partial charge in [0.05, 0.1) is 5.56 Å². The van der Waals surface area contributed by atoms with E-state index in [1.807, 2.05) is 4.90 Å². The Labute approximate surface area is 146 Å². The van der Waals surface area contributed by atoms with Crippen LogP contribution in [0.4, 0.5) is 5.82 Å². The summed E-state index contributed by atoms with van der Waals surface area (Å²) in [5.41, 5.74) is 0.579. The van der Waals surface area contributed by atoms with Gasteiger partial charge in [-0.25, -0.2) is 9.97 Å². The first-order chi connectivity index (χ1) is 12.3. The molecule has 130 valence electrons. The molecule has 0 unspecified atom stereocenters. The summed E-state index contributed by atoms with van der Waals surface area (Å²) in [6, 6.07) is 5.74. The maximum Gasteiger partial charge on any atom is 0.222 e. The molecule has 8 nitrogen and oxygen atoms in total. The van der Waals surface area contributed by atoms with Gasteiger partial charge in [-0.2, -0.15) is 10.4 Å². The minimum atomic E-state index is 0.170. The number of pyridine rings is 1. The molecule has 1 aliphatic heterocycles. The molecule has 1 amide bonds. The second-order valence-corrected chi connectivity index (χ2v) is 5.97. The Morgan fingerprint density at radius 3 is 3.00 bits per heavy atom. The van der Waals surface area contributed by atoms with Gasteiger partial charge in [-0.15, -0.1) is 0 Å². The van der Waals surface area contributed by atoms with Crippen molar-refractivity contribution in [1.82, 2.24) is 24.6 Å². The van der Waals surface area contributed by atoms with E-state index in [0.717, 1.165) is 25.9 Å². The van der Waals surface area contributed by atoms with Crippen molar-refractivity contribution in [2.24, 2.45) is 0 Å². The number of aryl methyl sites for hydroxylation is 1. The van der Waals surface area contributed by atoms with Gasteiger partial charge in [0, 0.05) is 45.3 Å². The topological polar surface area (TPSA) is 90.9 Å². The average molecular weight is 339 g/mol. The van der Waals surface area contributed by atoms with Crippen LogP contribution in [-0.4, -0.2) is 56.7 Å². The molecular weight excluding hydrogens is 318 g/mol. The van der Waals surface area contributed by atoms with Crippen LogP contribution < -0.4 is 4.90 Å². The summed E-state index contributed by atoms with van der Waals surface area (Å²) in [6.45, 7) is 3.59. The highest BCUT2D eigenvalue weighted by atomic mass is 16.2. The Bertz CT molecular complexity index is 738. The Balaban J connectivity index is 1.52. The standard InChI is InChI=1S/C17H21N7O/c18-12-15-4-1-6-20-17(15)23-8-3-7-22(10-11-23)16(25)5-2-9-24-14-19-13-21-24/h1,4,6,13-14H,2-3,5,7-11H2. The Kier molecular flexibility index (Phi) is 5.57. The number of anilines is 1. The number of hydrogen-bond donors (Lipinski definition) is 0. The van der Waals surface area contributed by atoms with Gasteiger partial charge in [0.2, 0.25) is 5.91 Å². The first-order valence-electron chi connectivity index (χ1n) is 8.48. The molecular formula is C17H21N7O. The number of carbonyl (C=O) groups excluding carboxylic acids is 1. The first kappa shape index (κ1) is 16.9. The zero-order valence-electron chi connectivity index (χ0n) is 14.1. The highest BCUT2D eigenvalue weighted by Gasteiger charge is 2.21. The van der Waals surface area contributed by atoms with Gasteiger partial charge in [0.1, 0.15) is 24.5 Å². The van der Waals surface area contributed by atoms with Crippen molar-refractivity contribution < 1.29 is 4.79 Å². The van der Waals surface area contributed by atoms with E-state index >= 15 is 0 Å². The maximum absolute atomic E-state index is 12.4. The molecule has 0 N–H and O–H groups in total. The van der Waals surface area contributed by atoms with Crippen LogP contribution >= 0.6 is 0 Å². The monoisotopic (exact) mass is 339 g/mol. The normalized spacial score (nSPS) is 14.8. The van der Waals surface area contributed by atoms with Crippen molar-refractivity contribution >= 4 is 11.7 Å². The molecule has 0 saturated carbocycles. The van der Waals surface area contributed by atoms with Crippen LogP contribution in [-0.2, 0) is 11.3 Å². The van der Waals surface area contributed by atoms with Crippen molar-refractivity contribution in [3.63, 3.8) is 0 Å². The van der Waals surface area contributed by atoms with Crippen LogP contribution in [0, 0.1) is 11.3 Å². The quantitative estimate of drug-likeness (QED) is 0.809. The highest BCUT2D eigenvalue weighted by molar-refractivity contribution is 5.76. The van der Waals surface area contributed by atoms with E-state index < -0.39 is 0 Å². The highest BCUT2D eigenvalue weighted by Crippen LogP contribution is 2.18. The van der Waals surface area contributed by atoms with E-state index in [9.17, 15) is 10.1 Å². The van der Waals surface area contributed by atoms with Crippen LogP contribution in [0.15, 0.2) is 31.0 Å². The van der Waals surface area contributed by atoms with E-state index in [1.54, 1.807) is 29.3 Å². The van der Waals surface area contributed by atoms with Crippen molar-refractivity contribution in [2.45, 2.75) is 25.8 Å². The molecule has 1 aliphatic rings. The Morgan fingerprint density at radius 2 is 2.20 bits per heavy atom. The van der Waals surface area contributed by atoms with Crippen molar-refractivity contribution in [3.05, 3.63) is 36.5 Å². The lowest BCUT2D eigenvalue weighted by molar-refractivity contribution is -0.131. The molecule has 0 radical (unpaired) electrons. The number of nitriles is 1. The van der Waals surface area contributed by atoms with Gasteiger partial charge in [0.25, 0.3) is 0 Å². The lowest BCUT2D eigenvalue weighted by Crippen LogP contribution is -2.35. The fourth-order valence-corrected chi connectivity index (χ4v) is 3.01. The van der Waals surface area contributed by atoms with E-state index in [4.69, 9.17) is 0 Å². The molecule has 8 heteroatoms. The van der Waals surface area contributed by atoms with E-state index in [-0.39, 0.29) is 5.91 Å². The number of rotatable bonds is 5. The summed E-state index contributed by atoms with van der Waals surface area (Å²) in [5, 5.41) is 13.3. The Morgan fingerprint density at radius 1 is 1.28 bits per heavy atom. The van der Waals surface area contributed by atoms with Gasteiger partial charge in [-0.3, -0.25) is 9.48 Å². The van der Waals surface area contributed by atoms with Gasteiger partial charge in [-0.1, -0.05) is 0 Å². The average Bonchev–Trinajstić information content (AvgIpc) is 3.04. The van der Waals surface area contributed by atoms with Gasteiger partial charge in [0.15, 0.2) is 0 Å². The van der Waals surface area contributed by atoms with Gasteiger partial charge >= 0.3 is 0 Å². The summed E-state index contributed by atoms with van der Waals surface area (Å²) < 4.78 is 1.74. The Hall–Kier alpha value is -2.95. The largest absolute Gasteiger partial charge is 0.354 e. The summed E-state index contributed by atoms with van der Waals surface area (Å²) >= 11 is 0. The fourth-order valence-electron chi connectivity index (χ4n) is 3.01. The van der Waals surface area contributed by atoms with Crippen molar-refractivity contribution in [1.29, 1.82) is 5.26 Å². The lowest BCUT2D eigenvalue weighted by Gasteiger charge is -2.23. The second kappa shape index (κ2) is 8.24. The minimum absolute atomic E-state index is 0.170. The molecule has 0 bridgehead atoms. The molecule has 1 fully saturated rings. The smallest absolute Gasteiger partial charge is 0.222 e. The second-order valence-electron chi connectivity index (χ2n) is 5.97. The fraction of sp³-hybridized carbons (Fsp3) is 0.471. The number of carbonyl (C=O) groups is 1. The number of hydrogen-bond acceptors (Lipinski definition) is 6. The molecule has 1 saturated heterocycles. The van der Waals surface area contributed by atoms with Crippen LogP contribution in [0.5, 0.6) is 0 Å². The summed E-state index contributed by atoms with van der Waals surface area (Å²) in [4.78, 5) is 24.7. The lowest BCUT2D eigenvalue weighted by atomic mass is 10.2. The SMILES string of the molecule is N#Cc1cccnc1N1CCCN(C(=O)CCCn2cncn2)CC1. The van der Waals surface area contributed by atoms with Crippen molar-refractivity contribution in [3.8, 4) is 6.07 Å². The molecule has 2 aromatic heterocycles. The molecule has 25 heavy (non-hydrogen) atoms. The molecule has 0 aliphatic carbocycles. The molecule has 3 heterocycles. The molecule has 0 spiro atoms. The number of amides is 1. The number of nitrogens with zero attached hydrogens (tertiary/aromatic N) is 7. The number of aromatic nitrogens is 4. The van der Waals surface area contributed by atoms with E-state index in [0.29, 0.717) is 37.4 Å². The van der Waals surface area contributed by atoms with E-state index in [2.05, 4.69) is 26.0 Å². The van der Waals surface area contributed by atoms with E-state index in [1.165, 1.54) is 6.33 Å². The van der Waals surface area contributed by atoms with Crippen LogP contribution in [0.1, 0.15) is 24.8 Å². The summed E-state index contributed by atoms with van der Waals surface area (Å²) in [7, 11) is 0. The molecule has 2 aromatic rings. The molecule has 0 aromatic carbocycles. The molecule has 3 rings (SSSR count). The molecule has 0 atom stereocenters. The van der Waals surface area contributed by atoms with Crippen LogP contribution in [0.3, 0.4) is 0 Å². The maximum atomic E-state index is 12.4. The third-order valence-electron chi connectivity index (χ3n) is 4.30. The summed E-state index contributed by atoms with van der Waals surface area (Å²) in [5.74, 6) is 0.883. The summed E-state index contributed by atoms with van der Waals surface area (Å²) in [6.07, 6.45) is 6.99. The first-order valence-corrected chi connectivity index (χ1v) is 8.48. The minimum Gasteiger partial charge on any atom is -0.354 e. The third-order valence-corrected chi connectivity index (χ3v) is 4.30. The predicted octanol–water partition coefficient (Wildman–Crippen LogP) is 1.06. The third kappa shape index (κ3) is 4.32. The zero-order valence-corrected chi connectivity index (χ0v) is 14.1.